The Morgan fingerprint density at radius 2 is 1.72 bits per heavy atom. The lowest BCUT2D eigenvalue weighted by molar-refractivity contribution is -0.384. The molecule has 1 N–H and O–H groups in total. The number of amides is 1. The van der Waals surface area contributed by atoms with Crippen LogP contribution in [0.3, 0.4) is 0 Å². The van der Waals surface area contributed by atoms with Gasteiger partial charge in [-0.15, -0.1) is 0 Å². The highest BCUT2D eigenvalue weighted by molar-refractivity contribution is 5.94. The van der Waals surface area contributed by atoms with Crippen LogP contribution in [0, 0.1) is 17.0 Å². The van der Waals surface area contributed by atoms with Crippen LogP contribution in [0.2, 0.25) is 0 Å². The number of aromatic nitrogens is 2. The average molecular weight is 428 g/mol. The van der Waals surface area contributed by atoms with Gasteiger partial charge in [-0.25, -0.2) is 0 Å². The first kappa shape index (κ1) is 20.9. The van der Waals surface area contributed by atoms with Crippen molar-refractivity contribution in [2.45, 2.75) is 19.4 Å². The van der Waals surface area contributed by atoms with Crippen molar-refractivity contribution in [1.82, 2.24) is 15.5 Å². The van der Waals surface area contributed by atoms with Crippen molar-refractivity contribution in [2.24, 2.45) is 0 Å². The normalized spacial score (nSPS) is 11.7. The van der Waals surface area contributed by atoms with E-state index < -0.39 is 11.0 Å². The Kier molecular flexibility index (Phi) is 6.03. The van der Waals surface area contributed by atoms with E-state index >= 15 is 0 Å². The zero-order chi connectivity index (χ0) is 22.5. The lowest BCUT2D eigenvalue weighted by atomic mass is 10.0. The van der Waals surface area contributed by atoms with Gasteiger partial charge in [0.2, 0.25) is 11.7 Å². The molecule has 0 radical (unpaired) electrons. The third-order valence-electron chi connectivity index (χ3n) is 4.98. The summed E-state index contributed by atoms with van der Waals surface area (Å²) in [5.74, 6) is 0.293. The number of non-ortho nitro benzene ring substituents is 1. The summed E-state index contributed by atoms with van der Waals surface area (Å²) >= 11 is 0. The fraction of sp³-hybridized carbons (Fsp3) is 0.125. The Bertz CT molecular complexity index is 1220. The molecule has 4 aromatic rings. The van der Waals surface area contributed by atoms with E-state index in [2.05, 4.69) is 15.5 Å². The summed E-state index contributed by atoms with van der Waals surface area (Å²) in [4.78, 5) is 27.7. The second kappa shape index (κ2) is 9.22. The Morgan fingerprint density at radius 1 is 1.03 bits per heavy atom. The minimum atomic E-state index is -0.550. The van der Waals surface area contributed by atoms with Gasteiger partial charge in [0.1, 0.15) is 6.04 Å². The first-order valence-electron chi connectivity index (χ1n) is 9.99. The van der Waals surface area contributed by atoms with Crippen LogP contribution in [-0.2, 0) is 6.42 Å². The zero-order valence-electron chi connectivity index (χ0n) is 17.3. The molecule has 0 aliphatic rings. The Balaban J connectivity index is 1.60. The van der Waals surface area contributed by atoms with Crippen LogP contribution in [0.25, 0.3) is 11.4 Å². The van der Waals surface area contributed by atoms with Gasteiger partial charge in [-0.1, -0.05) is 53.2 Å². The summed E-state index contributed by atoms with van der Waals surface area (Å²) in [6, 6.07) is 22.3. The summed E-state index contributed by atoms with van der Waals surface area (Å²) < 4.78 is 5.48. The van der Waals surface area contributed by atoms with Gasteiger partial charge in [0.25, 0.3) is 11.6 Å². The van der Waals surface area contributed by atoms with Crippen molar-refractivity contribution < 1.29 is 14.2 Å². The summed E-state index contributed by atoms with van der Waals surface area (Å²) in [6.07, 6.45) is 0.459. The molecule has 0 aliphatic carbocycles. The number of carbonyl (C=O) groups is 1. The molecule has 8 nitrogen and oxygen atoms in total. The smallest absolute Gasteiger partial charge is 0.269 e. The van der Waals surface area contributed by atoms with Crippen LogP contribution in [-0.4, -0.2) is 21.0 Å². The summed E-state index contributed by atoms with van der Waals surface area (Å²) in [5, 5.41) is 17.9. The van der Waals surface area contributed by atoms with E-state index in [1.807, 2.05) is 49.4 Å². The molecule has 0 saturated carbocycles. The molecule has 3 aromatic carbocycles. The first-order valence-corrected chi connectivity index (χ1v) is 9.99. The van der Waals surface area contributed by atoms with Crippen molar-refractivity contribution in [3.8, 4) is 11.4 Å². The monoisotopic (exact) mass is 428 g/mol. The molecule has 160 valence electrons. The second-order valence-electron chi connectivity index (χ2n) is 7.34. The van der Waals surface area contributed by atoms with Crippen molar-refractivity contribution in [2.75, 3.05) is 0 Å². The van der Waals surface area contributed by atoms with E-state index in [9.17, 15) is 14.9 Å². The maximum Gasteiger partial charge on any atom is 0.269 e. The van der Waals surface area contributed by atoms with Crippen molar-refractivity contribution in [1.29, 1.82) is 0 Å². The van der Waals surface area contributed by atoms with Gasteiger partial charge in [0.15, 0.2) is 0 Å². The summed E-state index contributed by atoms with van der Waals surface area (Å²) in [6.45, 7) is 1.96. The van der Waals surface area contributed by atoms with Crippen LogP contribution in [0.4, 0.5) is 5.69 Å². The fourth-order valence-corrected chi connectivity index (χ4v) is 3.22. The van der Waals surface area contributed by atoms with Crippen LogP contribution < -0.4 is 5.32 Å². The van der Waals surface area contributed by atoms with E-state index in [4.69, 9.17) is 4.52 Å². The third kappa shape index (κ3) is 4.86. The van der Waals surface area contributed by atoms with E-state index in [1.54, 1.807) is 24.3 Å². The predicted molar refractivity (Wildman–Crippen MR) is 118 cm³/mol. The highest BCUT2D eigenvalue weighted by Gasteiger charge is 2.23. The molecule has 1 atom stereocenters. The van der Waals surface area contributed by atoms with Gasteiger partial charge in [-0.3, -0.25) is 14.9 Å². The molecular formula is C24H20N4O4. The van der Waals surface area contributed by atoms with Crippen molar-refractivity contribution in [3.05, 3.63) is 112 Å². The first-order chi connectivity index (χ1) is 15.5. The Labute approximate surface area is 184 Å². The topological polar surface area (TPSA) is 111 Å². The number of nitrogens with zero attached hydrogens (tertiary/aromatic N) is 3. The van der Waals surface area contributed by atoms with Crippen LogP contribution >= 0.6 is 0 Å². The van der Waals surface area contributed by atoms with E-state index in [-0.39, 0.29) is 23.3 Å². The number of carbonyl (C=O) groups excluding carboxylic acids is 1. The molecule has 0 spiro atoms. The number of benzene rings is 3. The van der Waals surface area contributed by atoms with Crippen molar-refractivity contribution in [3.63, 3.8) is 0 Å². The molecule has 0 saturated heterocycles. The van der Waals surface area contributed by atoms with Crippen LogP contribution in [0.1, 0.15) is 33.4 Å². The molecule has 32 heavy (non-hydrogen) atoms. The minimum absolute atomic E-state index is 0.0233. The molecule has 0 aliphatic heterocycles. The molecule has 1 unspecified atom stereocenters. The summed E-state index contributed by atoms with van der Waals surface area (Å²) in [7, 11) is 0. The molecule has 4 rings (SSSR count). The number of nitro benzene ring substituents is 1. The number of aryl methyl sites for hydroxylation is 1. The largest absolute Gasteiger partial charge is 0.340 e. The third-order valence-corrected chi connectivity index (χ3v) is 4.98. The molecule has 1 amide bonds. The lowest BCUT2D eigenvalue weighted by Gasteiger charge is -2.15. The SMILES string of the molecule is Cc1ccc(C(=O)NC(Cc2ccccc2)c2nc(-c3ccc([N+](=O)[O-])cc3)no2)cc1. The predicted octanol–water partition coefficient (Wildman–Crippen LogP) is 4.67. The number of hydrogen-bond donors (Lipinski definition) is 1. The number of nitro groups is 1. The number of nitrogens with one attached hydrogen (secondary N) is 1. The standard InChI is InChI=1S/C24H20N4O4/c1-16-7-9-19(10-8-16)23(29)25-21(15-17-5-3-2-4-6-17)24-26-22(27-32-24)18-11-13-20(14-12-18)28(30)31/h2-14,21H,15H2,1H3,(H,25,29). The number of hydrogen-bond acceptors (Lipinski definition) is 6. The van der Waals surface area contributed by atoms with Crippen LogP contribution in [0.5, 0.6) is 0 Å². The maximum atomic E-state index is 12.8. The Hall–Kier alpha value is -4.33. The van der Waals surface area contributed by atoms with Gasteiger partial charge in [-0.2, -0.15) is 4.98 Å². The van der Waals surface area contributed by atoms with Gasteiger partial charge in [-0.05, 0) is 36.8 Å². The highest BCUT2D eigenvalue weighted by Crippen LogP contribution is 2.24. The Morgan fingerprint density at radius 3 is 2.38 bits per heavy atom. The summed E-state index contributed by atoms with van der Waals surface area (Å²) in [5.41, 5.74) is 3.14. The quantitative estimate of drug-likeness (QED) is 0.338. The maximum absolute atomic E-state index is 12.8. The van der Waals surface area contributed by atoms with Gasteiger partial charge >= 0.3 is 0 Å². The highest BCUT2D eigenvalue weighted by atomic mass is 16.6. The fourth-order valence-electron chi connectivity index (χ4n) is 3.22. The second-order valence-corrected chi connectivity index (χ2v) is 7.34. The van der Waals surface area contributed by atoms with Crippen LogP contribution in [0.15, 0.2) is 83.4 Å². The molecule has 0 fully saturated rings. The zero-order valence-corrected chi connectivity index (χ0v) is 17.3. The number of rotatable bonds is 7. The molecule has 1 aromatic heterocycles. The minimum Gasteiger partial charge on any atom is -0.340 e. The molecule has 8 heteroatoms. The van der Waals surface area contributed by atoms with Crippen molar-refractivity contribution >= 4 is 11.6 Å². The van der Waals surface area contributed by atoms with E-state index in [1.165, 1.54) is 12.1 Å². The lowest BCUT2D eigenvalue weighted by Crippen LogP contribution is -2.30. The molecular weight excluding hydrogens is 408 g/mol. The van der Waals surface area contributed by atoms with E-state index in [0.717, 1.165) is 11.1 Å². The van der Waals surface area contributed by atoms with Gasteiger partial charge < -0.3 is 9.84 Å². The van der Waals surface area contributed by atoms with Gasteiger partial charge in [0, 0.05) is 29.7 Å². The average Bonchev–Trinajstić information content (AvgIpc) is 3.30. The van der Waals surface area contributed by atoms with E-state index in [0.29, 0.717) is 17.5 Å². The molecule has 0 bridgehead atoms. The van der Waals surface area contributed by atoms with Gasteiger partial charge in [0.05, 0.1) is 4.92 Å². The molecule has 1 heterocycles.